The zero-order valence-corrected chi connectivity index (χ0v) is 30.1. The van der Waals surface area contributed by atoms with E-state index in [1.165, 1.54) is 72.4 Å². The van der Waals surface area contributed by atoms with Crippen molar-refractivity contribution in [1.29, 1.82) is 0 Å². The van der Waals surface area contributed by atoms with Gasteiger partial charge in [-0.15, -0.1) is 0 Å². The smallest absolute Gasteiger partial charge is 0.0537 e. The van der Waals surface area contributed by atoms with Crippen molar-refractivity contribution in [2.75, 3.05) is 4.90 Å². The van der Waals surface area contributed by atoms with Crippen LogP contribution in [0.2, 0.25) is 0 Å². The number of allylic oxidation sites excluding steroid dienone is 1. The van der Waals surface area contributed by atoms with Crippen LogP contribution >= 0.6 is 0 Å². The van der Waals surface area contributed by atoms with Crippen LogP contribution in [0, 0.1) is 0 Å². The molecule has 0 aliphatic heterocycles. The van der Waals surface area contributed by atoms with Crippen molar-refractivity contribution >= 4 is 34.0 Å². The van der Waals surface area contributed by atoms with Crippen LogP contribution in [0.25, 0.3) is 56.0 Å². The van der Waals surface area contributed by atoms with Gasteiger partial charge >= 0.3 is 0 Å². The highest BCUT2D eigenvalue weighted by molar-refractivity contribution is 5.92. The molecule has 2 heteroatoms. The fraction of sp³-hybridized carbons (Fsp3) is 0.0980. The van der Waals surface area contributed by atoms with Gasteiger partial charge in [-0.2, -0.15) is 0 Å². The van der Waals surface area contributed by atoms with E-state index in [0.717, 1.165) is 29.9 Å². The SMILES string of the molecule is CC1(C)c2cc(N(c3ccc(-c4ccccc4)cc3)c3ccc(-c4ccccc4)cc3)ccc2-c2ccc(-n3c4c(c5ccccc53)CCC=C4)cc21. The molecule has 0 atom stereocenters. The molecule has 7 aromatic carbocycles. The number of nitrogens with zero attached hydrogens (tertiary/aromatic N) is 2. The lowest BCUT2D eigenvalue weighted by molar-refractivity contribution is 0.660. The zero-order chi connectivity index (χ0) is 35.5. The van der Waals surface area contributed by atoms with Crippen molar-refractivity contribution in [2.45, 2.75) is 32.1 Å². The summed E-state index contributed by atoms with van der Waals surface area (Å²) < 4.78 is 2.48. The summed E-state index contributed by atoms with van der Waals surface area (Å²) in [6, 6.07) is 62.3. The largest absolute Gasteiger partial charge is 0.310 e. The number of hydrogen-bond acceptors (Lipinski definition) is 1. The van der Waals surface area contributed by atoms with Gasteiger partial charge in [0.1, 0.15) is 0 Å². The first kappa shape index (κ1) is 31.4. The highest BCUT2D eigenvalue weighted by Gasteiger charge is 2.36. The Balaban J connectivity index is 1.07. The monoisotopic (exact) mass is 680 g/mol. The molecule has 2 aliphatic carbocycles. The number of benzene rings is 7. The summed E-state index contributed by atoms with van der Waals surface area (Å²) in [5.74, 6) is 0. The minimum Gasteiger partial charge on any atom is -0.310 e. The van der Waals surface area contributed by atoms with Crippen molar-refractivity contribution < 1.29 is 0 Å². The average molecular weight is 681 g/mol. The molecule has 0 spiro atoms. The quantitative estimate of drug-likeness (QED) is 0.170. The summed E-state index contributed by atoms with van der Waals surface area (Å²) in [5, 5.41) is 1.37. The number of hydrogen-bond donors (Lipinski definition) is 0. The summed E-state index contributed by atoms with van der Waals surface area (Å²) >= 11 is 0. The molecular weight excluding hydrogens is 641 g/mol. The maximum atomic E-state index is 2.48. The fourth-order valence-electron chi connectivity index (χ4n) is 8.77. The van der Waals surface area contributed by atoms with Gasteiger partial charge in [-0.05, 0) is 124 Å². The summed E-state index contributed by atoms with van der Waals surface area (Å²) in [4.78, 5) is 2.40. The molecule has 2 nitrogen and oxygen atoms in total. The molecule has 1 heterocycles. The summed E-state index contributed by atoms with van der Waals surface area (Å²) in [7, 11) is 0. The third-order valence-corrected chi connectivity index (χ3v) is 11.5. The molecule has 10 rings (SSSR count). The van der Waals surface area contributed by atoms with Crippen molar-refractivity contribution in [1.82, 2.24) is 4.57 Å². The van der Waals surface area contributed by atoms with E-state index in [4.69, 9.17) is 0 Å². The molecule has 0 saturated heterocycles. The van der Waals surface area contributed by atoms with Crippen LogP contribution < -0.4 is 4.90 Å². The number of anilines is 3. The normalized spacial score (nSPS) is 13.8. The van der Waals surface area contributed by atoms with Gasteiger partial charge in [-0.25, -0.2) is 0 Å². The van der Waals surface area contributed by atoms with Crippen molar-refractivity contribution in [2.24, 2.45) is 0 Å². The number of para-hydroxylation sites is 1. The van der Waals surface area contributed by atoms with Crippen LogP contribution in [-0.4, -0.2) is 4.57 Å². The highest BCUT2D eigenvalue weighted by Crippen LogP contribution is 2.51. The lowest BCUT2D eigenvalue weighted by Gasteiger charge is -2.28. The Morgan fingerprint density at radius 2 is 1.04 bits per heavy atom. The molecule has 0 fully saturated rings. The van der Waals surface area contributed by atoms with E-state index in [0.29, 0.717) is 0 Å². The minimum absolute atomic E-state index is 0.185. The van der Waals surface area contributed by atoms with Gasteiger partial charge in [-0.3, -0.25) is 0 Å². The maximum absolute atomic E-state index is 2.48. The molecular formula is C51H40N2. The van der Waals surface area contributed by atoms with Crippen molar-refractivity contribution in [3.8, 4) is 39.1 Å². The van der Waals surface area contributed by atoms with E-state index in [2.05, 4.69) is 205 Å². The Labute approximate surface area is 311 Å². The van der Waals surface area contributed by atoms with Crippen molar-refractivity contribution in [3.05, 3.63) is 198 Å². The average Bonchev–Trinajstić information content (AvgIpc) is 3.67. The third-order valence-electron chi connectivity index (χ3n) is 11.5. The highest BCUT2D eigenvalue weighted by atomic mass is 15.1. The Kier molecular flexibility index (Phi) is 7.33. The molecule has 1 aromatic heterocycles. The molecule has 254 valence electrons. The van der Waals surface area contributed by atoms with Crippen LogP contribution in [0.4, 0.5) is 17.1 Å². The Hall–Kier alpha value is -6.38. The summed E-state index contributed by atoms with van der Waals surface area (Å²) in [6.45, 7) is 4.78. The molecule has 8 aromatic rings. The zero-order valence-electron chi connectivity index (χ0n) is 30.1. The first-order chi connectivity index (χ1) is 26.0. The lowest BCUT2D eigenvalue weighted by atomic mass is 9.82. The van der Waals surface area contributed by atoms with Crippen LogP contribution in [0.15, 0.2) is 176 Å². The second kappa shape index (κ2) is 12.4. The van der Waals surface area contributed by atoms with E-state index in [1.54, 1.807) is 0 Å². The van der Waals surface area contributed by atoms with Crippen molar-refractivity contribution in [3.63, 3.8) is 0 Å². The molecule has 0 unspecified atom stereocenters. The minimum atomic E-state index is -0.185. The molecule has 2 aliphatic rings. The topological polar surface area (TPSA) is 8.17 Å². The molecule has 0 N–H and O–H groups in total. The van der Waals surface area contributed by atoms with Gasteiger partial charge in [-0.1, -0.05) is 135 Å². The number of aromatic nitrogens is 1. The fourth-order valence-corrected chi connectivity index (χ4v) is 8.77. The summed E-state index contributed by atoms with van der Waals surface area (Å²) in [6.07, 6.45) is 6.83. The number of fused-ring (bicyclic) bond motifs is 6. The van der Waals surface area contributed by atoms with E-state index in [-0.39, 0.29) is 5.41 Å². The molecule has 0 radical (unpaired) electrons. The van der Waals surface area contributed by atoms with E-state index >= 15 is 0 Å². The van der Waals surface area contributed by atoms with Crippen LogP contribution in [-0.2, 0) is 11.8 Å². The van der Waals surface area contributed by atoms with Gasteiger partial charge < -0.3 is 9.47 Å². The second-order valence-corrected chi connectivity index (χ2v) is 14.9. The predicted octanol–water partition coefficient (Wildman–Crippen LogP) is 13.7. The second-order valence-electron chi connectivity index (χ2n) is 14.9. The Bertz CT molecular complexity index is 2580. The van der Waals surface area contributed by atoms with E-state index in [9.17, 15) is 0 Å². The van der Waals surface area contributed by atoms with Crippen LogP contribution in [0.5, 0.6) is 0 Å². The number of rotatable bonds is 6. The van der Waals surface area contributed by atoms with E-state index < -0.39 is 0 Å². The lowest BCUT2D eigenvalue weighted by Crippen LogP contribution is -2.17. The van der Waals surface area contributed by atoms with Gasteiger partial charge in [0, 0.05) is 39.2 Å². The van der Waals surface area contributed by atoms with Gasteiger partial charge in [0.25, 0.3) is 0 Å². The molecule has 0 bridgehead atoms. The molecule has 53 heavy (non-hydrogen) atoms. The van der Waals surface area contributed by atoms with Crippen LogP contribution in [0.1, 0.15) is 42.7 Å². The van der Waals surface area contributed by atoms with Gasteiger partial charge in [0.05, 0.1) is 5.52 Å². The van der Waals surface area contributed by atoms with Gasteiger partial charge in [0.2, 0.25) is 0 Å². The number of aryl methyl sites for hydroxylation is 1. The molecule has 0 saturated carbocycles. The third kappa shape index (κ3) is 5.17. The molecule has 0 amide bonds. The first-order valence-corrected chi connectivity index (χ1v) is 18.7. The van der Waals surface area contributed by atoms with Gasteiger partial charge in [0.15, 0.2) is 0 Å². The Morgan fingerprint density at radius 3 is 1.68 bits per heavy atom. The maximum Gasteiger partial charge on any atom is 0.0537 e. The Morgan fingerprint density at radius 1 is 0.509 bits per heavy atom. The first-order valence-electron chi connectivity index (χ1n) is 18.7. The summed E-state index contributed by atoms with van der Waals surface area (Å²) in [5.41, 5.74) is 18.8. The van der Waals surface area contributed by atoms with Crippen LogP contribution in [0.3, 0.4) is 0 Å². The standard InChI is InChI=1S/C51H40N2/c1-51(2)47-33-41(29-31-43(47)44-32-30-42(34-48(44)51)53-49-19-11-9-17-45(49)46-18-10-12-20-50(46)53)52(39-25-21-37(22-26-39)35-13-5-3-6-14-35)40-27-23-38(24-28-40)36-15-7-4-8-16-36/h3-9,11-17,19-34H,10,18H2,1-2H3. The van der Waals surface area contributed by atoms with E-state index in [1.807, 2.05) is 0 Å². The predicted molar refractivity (Wildman–Crippen MR) is 224 cm³/mol.